The van der Waals surface area contributed by atoms with E-state index in [-0.39, 0.29) is 5.41 Å². The number of ether oxygens (including phenoxy) is 1. The highest BCUT2D eigenvalue weighted by Crippen LogP contribution is 2.44. The number of hydrogen-bond acceptors (Lipinski definition) is 3. The molecule has 0 radical (unpaired) electrons. The molecular weight excluding hydrogens is 274 g/mol. The Balaban J connectivity index is 2.06. The Morgan fingerprint density at radius 3 is 2.33 bits per heavy atom. The predicted octanol–water partition coefficient (Wildman–Crippen LogP) is 2.57. The van der Waals surface area contributed by atoms with E-state index in [0.717, 1.165) is 36.9 Å². The van der Waals surface area contributed by atoms with Crippen molar-refractivity contribution in [1.82, 2.24) is 0 Å². The van der Waals surface area contributed by atoms with Gasteiger partial charge in [0, 0.05) is 36.8 Å². The highest BCUT2D eigenvalue weighted by atomic mass is 19.2. The van der Waals surface area contributed by atoms with Crippen LogP contribution in [0.5, 0.6) is 0 Å². The zero-order chi connectivity index (χ0) is 14.9. The summed E-state index contributed by atoms with van der Waals surface area (Å²) >= 11 is 0. The van der Waals surface area contributed by atoms with E-state index in [9.17, 15) is 8.78 Å². The first-order valence-corrected chi connectivity index (χ1v) is 7.68. The van der Waals surface area contributed by atoms with E-state index in [1.807, 2.05) is 0 Å². The van der Waals surface area contributed by atoms with E-state index in [1.54, 1.807) is 0 Å². The van der Waals surface area contributed by atoms with Crippen LogP contribution >= 0.6 is 0 Å². The van der Waals surface area contributed by atoms with Gasteiger partial charge in [-0.1, -0.05) is 12.8 Å². The van der Waals surface area contributed by atoms with E-state index in [2.05, 4.69) is 4.90 Å². The standard InChI is InChI=1S/C16H22F2N2O/c17-13-9-12(16(11-19)3-1-2-4-16)15(10-14(13)18)20-5-7-21-8-6-20/h9-10H,1-8,11,19H2. The normalized spacial score (nSPS) is 21.8. The monoisotopic (exact) mass is 296 g/mol. The van der Waals surface area contributed by atoms with Crippen molar-refractivity contribution < 1.29 is 13.5 Å². The van der Waals surface area contributed by atoms with Gasteiger partial charge in [-0.2, -0.15) is 0 Å². The third kappa shape index (κ3) is 2.64. The van der Waals surface area contributed by atoms with Gasteiger partial charge in [-0.25, -0.2) is 8.78 Å². The Morgan fingerprint density at radius 1 is 1.10 bits per heavy atom. The summed E-state index contributed by atoms with van der Waals surface area (Å²) in [6.07, 6.45) is 4.09. The lowest BCUT2D eigenvalue weighted by atomic mass is 9.77. The van der Waals surface area contributed by atoms with Gasteiger partial charge in [0.05, 0.1) is 13.2 Å². The Morgan fingerprint density at radius 2 is 1.71 bits per heavy atom. The van der Waals surface area contributed by atoms with E-state index in [0.29, 0.717) is 32.8 Å². The van der Waals surface area contributed by atoms with Gasteiger partial charge in [0.1, 0.15) is 0 Å². The van der Waals surface area contributed by atoms with Crippen LogP contribution in [0.4, 0.5) is 14.5 Å². The van der Waals surface area contributed by atoms with Crippen molar-refractivity contribution in [3.63, 3.8) is 0 Å². The highest BCUT2D eigenvalue weighted by Gasteiger charge is 2.38. The molecule has 1 saturated heterocycles. The predicted molar refractivity (Wildman–Crippen MR) is 78.6 cm³/mol. The number of hydrogen-bond donors (Lipinski definition) is 1. The molecule has 1 aliphatic heterocycles. The van der Waals surface area contributed by atoms with Gasteiger partial charge in [0.15, 0.2) is 11.6 Å². The molecule has 0 unspecified atom stereocenters. The first kappa shape index (κ1) is 14.7. The number of benzene rings is 1. The van der Waals surface area contributed by atoms with Crippen LogP contribution < -0.4 is 10.6 Å². The Bertz CT molecular complexity index is 509. The molecule has 2 aliphatic rings. The summed E-state index contributed by atoms with van der Waals surface area (Å²) < 4.78 is 33.0. The molecule has 2 N–H and O–H groups in total. The van der Waals surface area contributed by atoms with Gasteiger partial charge < -0.3 is 15.4 Å². The van der Waals surface area contributed by atoms with Gasteiger partial charge in [-0.3, -0.25) is 0 Å². The van der Waals surface area contributed by atoms with Gasteiger partial charge in [0.2, 0.25) is 0 Å². The van der Waals surface area contributed by atoms with Crippen LogP contribution in [0.25, 0.3) is 0 Å². The summed E-state index contributed by atoms with van der Waals surface area (Å²) in [6, 6.07) is 2.71. The number of nitrogens with two attached hydrogens (primary N) is 1. The summed E-state index contributed by atoms with van der Waals surface area (Å²) in [5.41, 5.74) is 7.50. The fraction of sp³-hybridized carbons (Fsp3) is 0.625. The van der Waals surface area contributed by atoms with Gasteiger partial charge in [0.25, 0.3) is 0 Å². The van der Waals surface area contributed by atoms with Crippen LogP contribution in [0, 0.1) is 11.6 Å². The minimum absolute atomic E-state index is 0.206. The molecule has 21 heavy (non-hydrogen) atoms. The molecule has 5 heteroatoms. The fourth-order valence-electron chi connectivity index (χ4n) is 3.66. The summed E-state index contributed by atoms with van der Waals surface area (Å²) in [5.74, 6) is -1.56. The minimum atomic E-state index is -0.787. The maximum absolute atomic E-state index is 13.8. The molecule has 1 aromatic carbocycles. The molecule has 3 nitrogen and oxygen atoms in total. The Labute approximate surface area is 124 Å². The number of rotatable bonds is 3. The molecule has 1 saturated carbocycles. The lowest BCUT2D eigenvalue weighted by Crippen LogP contribution is -2.40. The molecule has 1 heterocycles. The molecule has 0 amide bonds. The highest BCUT2D eigenvalue weighted by molar-refractivity contribution is 5.58. The molecule has 0 spiro atoms. The third-order valence-corrected chi connectivity index (χ3v) is 4.91. The first-order valence-electron chi connectivity index (χ1n) is 7.68. The molecule has 2 fully saturated rings. The van der Waals surface area contributed by atoms with Crippen molar-refractivity contribution in [1.29, 1.82) is 0 Å². The molecule has 1 aromatic rings. The fourth-order valence-corrected chi connectivity index (χ4v) is 3.66. The van der Waals surface area contributed by atoms with E-state index < -0.39 is 11.6 Å². The molecular formula is C16H22F2N2O. The SMILES string of the molecule is NCC1(c2cc(F)c(F)cc2N2CCOCC2)CCCC1. The van der Waals surface area contributed by atoms with Crippen LogP contribution in [0.3, 0.4) is 0 Å². The lowest BCUT2D eigenvalue weighted by Gasteiger charge is -2.36. The lowest BCUT2D eigenvalue weighted by molar-refractivity contribution is 0.122. The van der Waals surface area contributed by atoms with Crippen LogP contribution in [0.1, 0.15) is 31.2 Å². The van der Waals surface area contributed by atoms with E-state index >= 15 is 0 Å². The average Bonchev–Trinajstić information content (AvgIpc) is 3.00. The van der Waals surface area contributed by atoms with Crippen LogP contribution in [0.2, 0.25) is 0 Å². The maximum Gasteiger partial charge on any atom is 0.160 e. The second kappa shape index (κ2) is 5.89. The minimum Gasteiger partial charge on any atom is -0.378 e. The second-order valence-corrected chi connectivity index (χ2v) is 6.07. The van der Waals surface area contributed by atoms with Crippen molar-refractivity contribution in [2.75, 3.05) is 37.7 Å². The molecule has 116 valence electrons. The van der Waals surface area contributed by atoms with Crippen LogP contribution in [-0.4, -0.2) is 32.8 Å². The Kier molecular flexibility index (Phi) is 4.13. The first-order chi connectivity index (χ1) is 10.2. The van der Waals surface area contributed by atoms with Crippen molar-refractivity contribution >= 4 is 5.69 Å². The number of morpholine rings is 1. The zero-order valence-electron chi connectivity index (χ0n) is 12.2. The largest absolute Gasteiger partial charge is 0.378 e. The maximum atomic E-state index is 13.8. The van der Waals surface area contributed by atoms with Crippen molar-refractivity contribution in [2.45, 2.75) is 31.1 Å². The van der Waals surface area contributed by atoms with Crippen molar-refractivity contribution in [2.24, 2.45) is 5.73 Å². The molecule has 0 atom stereocenters. The average molecular weight is 296 g/mol. The smallest absolute Gasteiger partial charge is 0.160 e. The molecule has 0 aromatic heterocycles. The second-order valence-electron chi connectivity index (χ2n) is 6.07. The summed E-state index contributed by atoms with van der Waals surface area (Å²) in [5, 5.41) is 0. The number of halogens is 2. The number of anilines is 1. The molecule has 0 bridgehead atoms. The van der Waals surface area contributed by atoms with Gasteiger partial charge >= 0.3 is 0 Å². The number of nitrogens with zero attached hydrogens (tertiary/aromatic N) is 1. The van der Waals surface area contributed by atoms with Crippen LogP contribution in [-0.2, 0) is 10.2 Å². The molecule has 3 rings (SSSR count). The Hall–Kier alpha value is -1.20. The summed E-state index contributed by atoms with van der Waals surface area (Å²) in [7, 11) is 0. The quantitative estimate of drug-likeness (QED) is 0.931. The van der Waals surface area contributed by atoms with Crippen molar-refractivity contribution in [3.8, 4) is 0 Å². The van der Waals surface area contributed by atoms with E-state index in [1.165, 1.54) is 12.1 Å². The van der Waals surface area contributed by atoms with E-state index in [4.69, 9.17) is 10.5 Å². The summed E-state index contributed by atoms with van der Waals surface area (Å²) in [4.78, 5) is 2.09. The third-order valence-electron chi connectivity index (χ3n) is 4.91. The van der Waals surface area contributed by atoms with Crippen LogP contribution in [0.15, 0.2) is 12.1 Å². The summed E-state index contributed by atoms with van der Waals surface area (Å²) in [6.45, 7) is 3.13. The zero-order valence-corrected chi connectivity index (χ0v) is 12.2. The van der Waals surface area contributed by atoms with Crippen molar-refractivity contribution in [3.05, 3.63) is 29.3 Å². The topological polar surface area (TPSA) is 38.5 Å². The molecule has 1 aliphatic carbocycles. The van der Waals surface area contributed by atoms with Gasteiger partial charge in [-0.05, 0) is 24.5 Å². The van der Waals surface area contributed by atoms with Gasteiger partial charge in [-0.15, -0.1) is 0 Å².